The lowest BCUT2D eigenvalue weighted by atomic mass is 10.2. The van der Waals surface area contributed by atoms with E-state index >= 15 is 0 Å². The number of nitrogens with one attached hydrogen (secondary N) is 2. The van der Waals surface area contributed by atoms with Gasteiger partial charge in [-0.1, -0.05) is 19.0 Å². The monoisotopic (exact) mass is 393 g/mol. The van der Waals surface area contributed by atoms with Crippen LogP contribution in [-0.4, -0.2) is 31.5 Å². The Morgan fingerprint density at radius 1 is 1.30 bits per heavy atom. The summed E-state index contributed by atoms with van der Waals surface area (Å²) in [5.41, 5.74) is 0.106. The molecule has 1 aliphatic rings. The number of aromatic nitrogens is 1. The molecule has 144 valence electrons. The number of carbonyl (C=O) groups is 2. The Morgan fingerprint density at radius 2 is 2.07 bits per heavy atom. The van der Waals surface area contributed by atoms with E-state index in [0.29, 0.717) is 24.4 Å². The molecule has 1 aliphatic heterocycles. The molecule has 0 saturated heterocycles. The van der Waals surface area contributed by atoms with Crippen LogP contribution >= 0.6 is 0 Å². The van der Waals surface area contributed by atoms with Crippen molar-refractivity contribution in [1.82, 2.24) is 9.88 Å². The van der Waals surface area contributed by atoms with Gasteiger partial charge in [-0.3, -0.25) is 9.59 Å². The maximum atomic E-state index is 12.5. The molecule has 0 fully saturated rings. The van der Waals surface area contributed by atoms with E-state index in [1.807, 2.05) is 11.6 Å². The van der Waals surface area contributed by atoms with Crippen molar-refractivity contribution in [2.45, 2.75) is 44.1 Å². The second-order valence-corrected chi connectivity index (χ2v) is 7.71. The highest BCUT2D eigenvalue weighted by Crippen LogP contribution is 2.32. The highest BCUT2D eigenvalue weighted by Gasteiger charge is 2.28. The molecule has 0 unspecified atom stereocenters. The molecule has 0 radical (unpaired) electrons. The summed E-state index contributed by atoms with van der Waals surface area (Å²) < 4.78 is 37.4. The van der Waals surface area contributed by atoms with Gasteiger partial charge in [0.1, 0.15) is 11.5 Å². The van der Waals surface area contributed by atoms with Crippen LogP contribution in [0.25, 0.3) is 0 Å². The van der Waals surface area contributed by atoms with E-state index in [1.165, 1.54) is 24.3 Å². The molecular weight excluding hydrogens is 374 g/mol. The number of benzene rings is 1. The van der Waals surface area contributed by atoms with Crippen molar-refractivity contribution in [3.63, 3.8) is 0 Å². The molecule has 2 amide bonds. The number of ether oxygens (including phenoxy) is 1. The van der Waals surface area contributed by atoms with Crippen LogP contribution in [0.5, 0.6) is 5.75 Å². The SMILES string of the molecule is CCCc1cc(C(=O)NS(=O)(=O)c2ccc3c(c2)NC(=O)[C@@H](CC)O3)no1. The van der Waals surface area contributed by atoms with Gasteiger partial charge in [0.05, 0.1) is 10.6 Å². The zero-order chi connectivity index (χ0) is 19.6. The van der Waals surface area contributed by atoms with Crippen molar-refractivity contribution >= 4 is 27.5 Å². The van der Waals surface area contributed by atoms with Crippen LogP contribution in [0, 0.1) is 0 Å². The second kappa shape index (κ2) is 7.39. The van der Waals surface area contributed by atoms with Crippen LogP contribution in [0.2, 0.25) is 0 Å². The van der Waals surface area contributed by atoms with Crippen LogP contribution in [0.4, 0.5) is 5.69 Å². The average molecular weight is 393 g/mol. The van der Waals surface area contributed by atoms with Gasteiger partial charge in [0.15, 0.2) is 11.8 Å². The quantitative estimate of drug-likeness (QED) is 0.766. The number of rotatable bonds is 6. The molecule has 2 heterocycles. The summed E-state index contributed by atoms with van der Waals surface area (Å²) in [6.07, 6.45) is 1.26. The molecule has 1 aromatic carbocycles. The lowest BCUT2D eigenvalue weighted by molar-refractivity contribution is -0.123. The maximum Gasteiger partial charge on any atom is 0.287 e. The molecule has 0 bridgehead atoms. The van der Waals surface area contributed by atoms with E-state index in [4.69, 9.17) is 9.26 Å². The lowest BCUT2D eigenvalue weighted by Crippen LogP contribution is -2.36. The molecule has 27 heavy (non-hydrogen) atoms. The van der Waals surface area contributed by atoms with E-state index in [1.54, 1.807) is 6.92 Å². The number of fused-ring (bicyclic) bond motifs is 1. The number of hydrogen-bond donors (Lipinski definition) is 2. The van der Waals surface area contributed by atoms with Gasteiger partial charge in [-0.2, -0.15) is 0 Å². The van der Waals surface area contributed by atoms with E-state index in [0.717, 1.165) is 6.42 Å². The van der Waals surface area contributed by atoms with Crippen molar-refractivity contribution in [3.05, 3.63) is 35.7 Å². The fourth-order valence-electron chi connectivity index (χ4n) is 2.58. The summed E-state index contributed by atoms with van der Waals surface area (Å²) >= 11 is 0. The Bertz CT molecular complexity index is 982. The molecule has 9 nitrogen and oxygen atoms in total. The number of anilines is 1. The number of carbonyl (C=O) groups excluding carboxylic acids is 2. The third kappa shape index (κ3) is 3.95. The molecule has 2 N–H and O–H groups in total. The van der Waals surface area contributed by atoms with E-state index in [2.05, 4.69) is 10.5 Å². The third-order valence-corrected chi connectivity index (χ3v) is 5.30. The van der Waals surface area contributed by atoms with Crippen molar-refractivity contribution in [3.8, 4) is 5.75 Å². The first kappa shape index (κ1) is 18.9. The predicted molar refractivity (Wildman–Crippen MR) is 94.9 cm³/mol. The minimum absolute atomic E-state index is 0.123. The summed E-state index contributed by atoms with van der Waals surface area (Å²) in [6, 6.07) is 5.37. The normalized spacial score (nSPS) is 16.2. The van der Waals surface area contributed by atoms with Crippen LogP contribution in [0.3, 0.4) is 0 Å². The first-order chi connectivity index (χ1) is 12.8. The van der Waals surface area contributed by atoms with Gasteiger partial charge in [-0.25, -0.2) is 13.1 Å². The van der Waals surface area contributed by atoms with Gasteiger partial charge in [0, 0.05) is 12.5 Å². The molecule has 0 spiro atoms. The van der Waals surface area contributed by atoms with E-state index in [9.17, 15) is 18.0 Å². The average Bonchev–Trinajstić information content (AvgIpc) is 3.09. The van der Waals surface area contributed by atoms with Gasteiger partial charge >= 0.3 is 0 Å². The number of nitrogens with zero attached hydrogens (tertiary/aromatic N) is 1. The number of sulfonamides is 1. The van der Waals surface area contributed by atoms with Crippen LogP contribution in [0.15, 0.2) is 33.7 Å². The van der Waals surface area contributed by atoms with Crippen molar-refractivity contribution < 1.29 is 27.3 Å². The standard InChI is InChI=1S/C17H19N3O6S/c1-3-5-10-8-13(19-26-10)16(21)20-27(23,24)11-6-7-15-12(9-11)18-17(22)14(4-2)25-15/h6-9,14H,3-5H2,1-2H3,(H,18,22)(H,20,21)/t14-/m1/s1. The highest BCUT2D eigenvalue weighted by molar-refractivity contribution is 7.90. The van der Waals surface area contributed by atoms with Gasteiger partial charge < -0.3 is 14.6 Å². The smallest absolute Gasteiger partial charge is 0.287 e. The minimum Gasteiger partial charge on any atom is -0.478 e. The third-order valence-electron chi connectivity index (χ3n) is 3.97. The van der Waals surface area contributed by atoms with Crippen LogP contribution in [0.1, 0.15) is 42.9 Å². The van der Waals surface area contributed by atoms with Crippen molar-refractivity contribution in [1.29, 1.82) is 0 Å². The number of hydrogen-bond acceptors (Lipinski definition) is 7. The molecule has 3 rings (SSSR count). The highest BCUT2D eigenvalue weighted by atomic mass is 32.2. The van der Waals surface area contributed by atoms with Gasteiger partial charge in [-0.15, -0.1) is 0 Å². The Balaban J connectivity index is 1.80. The second-order valence-electron chi connectivity index (χ2n) is 6.03. The molecular formula is C17H19N3O6S. The van der Waals surface area contributed by atoms with Gasteiger partial charge in [-0.05, 0) is 31.0 Å². The summed E-state index contributed by atoms with van der Waals surface area (Å²) in [7, 11) is -4.17. The Morgan fingerprint density at radius 3 is 2.78 bits per heavy atom. The number of aryl methyl sites for hydroxylation is 1. The maximum absolute atomic E-state index is 12.5. The van der Waals surface area contributed by atoms with E-state index in [-0.39, 0.29) is 22.2 Å². The van der Waals surface area contributed by atoms with Gasteiger partial charge in [0.2, 0.25) is 0 Å². The van der Waals surface area contributed by atoms with Crippen LogP contribution in [-0.2, 0) is 21.2 Å². The fraction of sp³-hybridized carbons (Fsp3) is 0.353. The summed E-state index contributed by atoms with van der Waals surface area (Å²) in [4.78, 5) is 23.9. The van der Waals surface area contributed by atoms with E-state index < -0.39 is 22.0 Å². The topological polar surface area (TPSA) is 128 Å². The molecule has 0 saturated carbocycles. The van der Waals surface area contributed by atoms with Crippen molar-refractivity contribution in [2.24, 2.45) is 0 Å². The lowest BCUT2D eigenvalue weighted by Gasteiger charge is -2.25. The predicted octanol–water partition coefficient (Wildman–Crippen LogP) is 1.86. The molecule has 10 heteroatoms. The summed E-state index contributed by atoms with van der Waals surface area (Å²) in [5, 5.41) is 6.19. The molecule has 0 aliphatic carbocycles. The minimum atomic E-state index is -4.17. The summed E-state index contributed by atoms with van der Waals surface area (Å²) in [6.45, 7) is 3.74. The fourth-order valence-corrected chi connectivity index (χ4v) is 3.57. The Labute approximate surface area is 156 Å². The molecule has 1 aromatic heterocycles. The summed E-state index contributed by atoms with van der Waals surface area (Å²) in [5.74, 6) is -0.383. The zero-order valence-corrected chi connectivity index (χ0v) is 15.6. The van der Waals surface area contributed by atoms with Crippen molar-refractivity contribution in [2.75, 3.05) is 5.32 Å². The Kier molecular flexibility index (Phi) is 5.17. The first-order valence-corrected chi connectivity index (χ1v) is 9.96. The Hall–Kier alpha value is -2.88. The number of amides is 2. The largest absolute Gasteiger partial charge is 0.478 e. The van der Waals surface area contributed by atoms with Crippen LogP contribution < -0.4 is 14.8 Å². The molecule has 2 aromatic rings. The first-order valence-electron chi connectivity index (χ1n) is 8.48. The molecule has 1 atom stereocenters. The zero-order valence-electron chi connectivity index (χ0n) is 14.8. The van der Waals surface area contributed by atoms with Gasteiger partial charge in [0.25, 0.3) is 21.8 Å².